The Kier molecular flexibility index (Phi) is 8.52. The van der Waals surface area contributed by atoms with E-state index in [0.29, 0.717) is 53.7 Å². The van der Waals surface area contributed by atoms with E-state index in [9.17, 15) is 23.1 Å². The van der Waals surface area contributed by atoms with Crippen molar-refractivity contribution in [3.05, 3.63) is 71.4 Å². The number of rotatable bonds is 7. The van der Waals surface area contributed by atoms with Gasteiger partial charge in [0.15, 0.2) is 0 Å². The summed E-state index contributed by atoms with van der Waals surface area (Å²) in [4.78, 5) is 18.2. The number of aromatic nitrogens is 1. The predicted molar refractivity (Wildman–Crippen MR) is 135 cm³/mol. The van der Waals surface area contributed by atoms with Crippen LogP contribution in [0.1, 0.15) is 42.1 Å². The molecule has 9 heteroatoms. The lowest BCUT2D eigenvalue weighted by molar-refractivity contribution is -0.146. The van der Waals surface area contributed by atoms with Crippen LogP contribution >= 0.6 is 0 Å². The Morgan fingerprint density at radius 3 is 2.66 bits per heavy atom. The van der Waals surface area contributed by atoms with Crippen molar-refractivity contribution in [3.63, 3.8) is 0 Å². The quantitative estimate of drug-likeness (QED) is 0.295. The topological polar surface area (TPSA) is 62.7 Å². The third-order valence-corrected chi connectivity index (χ3v) is 7.02. The number of alkyl halides is 4. The van der Waals surface area contributed by atoms with E-state index in [0.717, 1.165) is 12.1 Å². The van der Waals surface area contributed by atoms with E-state index in [2.05, 4.69) is 16.8 Å². The van der Waals surface area contributed by atoms with Crippen LogP contribution in [0.4, 0.5) is 17.6 Å². The lowest BCUT2D eigenvalue weighted by Gasteiger charge is -2.35. The number of fused-ring (bicyclic) bond motifs is 1. The van der Waals surface area contributed by atoms with Gasteiger partial charge in [0, 0.05) is 23.7 Å². The largest absolute Gasteiger partial charge is 0.497 e. The molecule has 1 fully saturated rings. The molecule has 5 nitrogen and oxygen atoms in total. The summed E-state index contributed by atoms with van der Waals surface area (Å²) in [5.74, 6) is 4.62. The average Bonchev–Trinajstić information content (AvgIpc) is 2.91. The van der Waals surface area contributed by atoms with Crippen molar-refractivity contribution >= 4 is 16.9 Å². The standard InChI is InChI=1S/C29H28F4N2O3/c1-38-22-9-11-27-24(17-22)23(12-14-34-27)26(30)10-6-20-13-16-35(18-25(20)28(36)37)15-2-3-19-4-7-21(8-5-19)29(31,32)33/h4-5,7-9,11-12,14,17,20,25-26H,6,10,13,15-16,18H2,1H3,(H,36,37)/t20-,25+,26?/m1/s1. The lowest BCUT2D eigenvalue weighted by atomic mass is 9.81. The van der Waals surface area contributed by atoms with Crippen LogP contribution in [0.5, 0.6) is 5.75 Å². The highest BCUT2D eigenvalue weighted by molar-refractivity contribution is 5.83. The van der Waals surface area contributed by atoms with E-state index in [-0.39, 0.29) is 18.9 Å². The Balaban J connectivity index is 1.35. The minimum atomic E-state index is -4.40. The Labute approximate surface area is 218 Å². The minimum Gasteiger partial charge on any atom is -0.497 e. The predicted octanol–water partition coefficient (Wildman–Crippen LogP) is 6.13. The summed E-state index contributed by atoms with van der Waals surface area (Å²) in [6.45, 7) is 1.20. The zero-order valence-electron chi connectivity index (χ0n) is 20.8. The van der Waals surface area contributed by atoms with Gasteiger partial charge in [-0.05, 0) is 85.8 Å². The number of likely N-dealkylation sites (tertiary alicyclic amines) is 1. The Morgan fingerprint density at radius 2 is 1.97 bits per heavy atom. The third kappa shape index (κ3) is 6.62. The van der Waals surface area contributed by atoms with Crippen molar-refractivity contribution in [1.82, 2.24) is 9.88 Å². The summed E-state index contributed by atoms with van der Waals surface area (Å²) in [5.41, 5.74) is 0.900. The Bertz CT molecular complexity index is 1330. The second-order valence-corrected chi connectivity index (χ2v) is 9.43. The molecule has 0 spiro atoms. The molecule has 3 aromatic rings. The maximum absolute atomic E-state index is 15.4. The highest BCUT2D eigenvalue weighted by Crippen LogP contribution is 2.35. The number of carboxylic acids is 1. The van der Waals surface area contributed by atoms with E-state index in [1.807, 2.05) is 4.90 Å². The number of carbonyl (C=O) groups is 1. The number of hydrogen-bond acceptors (Lipinski definition) is 4. The van der Waals surface area contributed by atoms with Gasteiger partial charge in [-0.3, -0.25) is 14.7 Å². The molecule has 2 heterocycles. The number of nitrogens with zero attached hydrogens (tertiary/aromatic N) is 2. The van der Waals surface area contributed by atoms with Crippen LogP contribution in [0.15, 0.2) is 54.7 Å². The van der Waals surface area contributed by atoms with Gasteiger partial charge < -0.3 is 9.84 Å². The minimum absolute atomic E-state index is 0.174. The van der Waals surface area contributed by atoms with Crippen LogP contribution in [0, 0.1) is 23.7 Å². The van der Waals surface area contributed by atoms with Gasteiger partial charge in [0.05, 0.1) is 30.7 Å². The number of methoxy groups -OCH3 is 1. The maximum atomic E-state index is 15.4. The summed E-state index contributed by atoms with van der Waals surface area (Å²) in [7, 11) is 1.54. The van der Waals surface area contributed by atoms with Crippen molar-refractivity contribution in [1.29, 1.82) is 0 Å². The summed E-state index contributed by atoms with van der Waals surface area (Å²) in [5, 5.41) is 10.5. The first-order valence-corrected chi connectivity index (χ1v) is 12.3. The first-order chi connectivity index (χ1) is 18.2. The summed E-state index contributed by atoms with van der Waals surface area (Å²) < 4.78 is 58.7. The van der Waals surface area contributed by atoms with Gasteiger partial charge in [0.25, 0.3) is 0 Å². The van der Waals surface area contributed by atoms with Crippen LogP contribution in [0.25, 0.3) is 10.9 Å². The molecule has 1 aliphatic heterocycles. The van der Waals surface area contributed by atoms with E-state index < -0.39 is 29.8 Å². The van der Waals surface area contributed by atoms with Gasteiger partial charge in [-0.2, -0.15) is 13.2 Å². The van der Waals surface area contributed by atoms with Crippen molar-refractivity contribution in [3.8, 4) is 17.6 Å². The molecule has 1 aromatic heterocycles. The van der Waals surface area contributed by atoms with E-state index >= 15 is 4.39 Å². The molecule has 2 aromatic carbocycles. The fourth-order valence-corrected chi connectivity index (χ4v) is 4.90. The second-order valence-electron chi connectivity index (χ2n) is 9.43. The zero-order chi connectivity index (χ0) is 27.3. The molecule has 4 rings (SSSR count). The third-order valence-electron chi connectivity index (χ3n) is 7.02. The molecule has 38 heavy (non-hydrogen) atoms. The van der Waals surface area contributed by atoms with E-state index in [1.165, 1.54) is 12.1 Å². The van der Waals surface area contributed by atoms with Gasteiger partial charge >= 0.3 is 12.1 Å². The molecular weight excluding hydrogens is 500 g/mol. The highest BCUT2D eigenvalue weighted by Gasteiger charge is 2.34. The number of pyridine rings is 1. The van der Waals surface area contributed by atoms with Crippen molar-refractivity contribution in [2.24, 2.45) is 11.8 Å². The Morgan fingerprint density at radius 1 is 1.21 bits per heavy atom. The molecule has 0 amide bonds. The van der Waals surface area contributed by atoms with Gasteiger partial charge in [-0.15, -0.1) is 0 Å². The second kappa shape index (κ2) is 11.8. The number of carboxylic acid groups (broad SMARTS) is 1. The molecular formula is C29H28F4N2O3. The molecule has 0 radical (unpaired) electrons. The van der Waals surface area contributed by atoms with E-state index in [4.69, 9.17) is 4.74 Å². The zero-order valence-corrected chi connectivity index (χ0v) is 20.8. The molecule has 0 saturated carbocycles. The molecule has 200 valence electrons. The summed E-state index contributed by atoms with van der Waals surface area (Å²) in [6.07, 6.45) is -2.88. The van der Waals surface area contributed by atoms with Gasteiger partial charge in [-0.1, -0.05) is 11.8 Å². The van der Waals surface area contributed by atoms with Crippen LogP contribution in [0.2, 0.25) is 0 Å². The fraction of sp³-hybridized carbons (Fsp3) is 0.379. The van der Waals surface area contributed by atoms with Crippen molar-refractivity contribution in [2.45, 2.75) is 31.6 Å². The smallest absolute Gasteiger partial charge is 0.416 e. The maximum Gasteiger partial charge on any atom is 0.416 e. The van der Waals surface area contributed by atoms with Crippen LogP contribution < -0.4 is 4.74 Å². The van der Waals surface area contributed by atoms with Crippen LogP contribution in [-0.4, -0.2) is 47.7 Å². The Hall–Kier alpha value is -3.64. The molecule has 0 bridgehead atoms. The average molecular weight is 529 g/mol. The number of aliphatic carboxylic acids is 1. The van der Waals surface area contributed by atoms with Gasteiger partial charge in [0.2, 0.25) is 0 Å². The monoisotopic (exact) mass is 528 g/mol. The number of benzene rings is 2. The normalized spacial score (nSPS) is 19.0. The molecule has 1 unspecified atom stereocenters. The first-order valence-electron chi connectivity index (χ1n) is 12.3. The molecule has 1 N–H and O–H groups in total. The first kappa shape index (κ1) is 27.4. The molecule has 3 atom stereocenters. The van der Waals surface area contributed by atoms with Gasteiger partial charge in [0.1, 0.15) is 11.9 Å². The van der Waals surface area contributed by atoms with Crippen LogP contribution in [-0.2, 0) is 11.0 Å². The highest BCUT2D eigenvalue weighted by atomic mass is 19.4. The number of ether oxygens (including phenoxy) is 1. The molecule has 0 aliphatic carbocycles. The van der Waals surface area contributed by atoms with Crippen LogP contribution in [0.3, 0.4) is 0 Å². The number of piperidine rings is 1. The fourth-order valence-electron chi connectivity index (χ4n) is 4.90. The van der Waals surface area contributed by atoms with Gasteiger partial charge in [-0.25, -0.2) is 4.39 Å². The summed E-state index contributed by atoms with van der Waals surface area (Å²) in [6, 6.07) is 11.6. The number of halogens is 4. The number of hydrogen-bond donors (Lipinski definition) is 1. The van der Waals surface area contributed by atoms with Crippen molar-refractivity contribution in [2.75, 3.05) is 26.7 Å². The SMILES string of the molecule is COc1ccc2nccc(C(F)CC[C@@H]3CCN(CC#Cc4ccc(C(F)(F)F)cc4)C[C@@H]3C(=O)O)c2c1. The summed E-state index contributed by atoms with van der Waals surface area (Å²) >= 11 is 0. The van der Waals surface area contributed by atoms with E-state index in [1.54, 1.807) is 37.6 Å². The molecule has 1 saturated heterocycles. The lowest BCUT2D eigenvalue weighted by Crippen LogP contribution is -2.44. The molecule has 1 aliphatic rings. The van der Waals surface area contributed by atoms with Crippen molar-refractivity contribution < 1.29 is 32.2 Å².